The maximum atomic E-state index is 11.9. The van der Waals surface area contributed by atoms with Crippen molar-refractivity contribution in [3.05, 3.63) is 0 Å². The van der Waals surface area contributed by atoms with Crippen LogP contribution in [0.25, 0.3) is 0 Å². The van der Waals surface area contributed by atoms with Crippen molar-refractivity contribution >= 4 is 5.91 Å². The Morgan fingerprint density at radius 3 is 2.37 bits per heavy atom. The van der Waals surface area contributed by atoms with Gasteiger partial charge in [-0.1, -0.05) is 40.5 Å². The predicted octanol–water partition coefficient (Wildman–Crippen LogP) is 2.07. The fourth-order valence-electron chi connectivity index (χ4n) is 2.01. The van der Waals surface area contributed by atoms with Gasteiger partial charge in [0, 0.05) is 19.2 Å². The van der Waals surface area contributed by atoms with Gasteiger partial charge in [-0.25, -0.2) is 0 Å². The summed E-state index contributed by atoms with van der Waals surface area (Å²) >= 11 is 0. The van der Waals surface area contributed by atoms with E-state index in [9.17, 15) is 4.79 Å². The van der Waals surface area contributed by atoms with Crippen LogP contribution in [0, 0.1) is 5.41 Å². The fourth-order valence-corrected chi connectivity index (χ4v) is 2.01. The van der Waals surface area contributed by atoms with Gasteiger partial charge in [-0.2, -0.15) is 0 Å². The van der Waals surface area contributed by atoms with Crippen molar-refractivity contribution in [3.8, 4) is 0 Å². The van der Waals surface area contributed by atoms with Gasteiger partial charge in [-0.05, 0) is 25.2 Å². The molecule has 114 valence electrons. The first-order chi connectivity index (χ1) is 8.82. The number of carbonyl (C=O) groups excluding carboxylic acids is 1. The first kappa shape index (κ1) is 18.4. The standard InChI is InChI=1S/C15H32N2O2/c1-6-7-8-10-16-14(19)12(2)17-13(9-11-18)15(3,4)5/h12-13,17-18H,6-11H2,1-5H3,(H,16,19). The first-order valence-corrected chi connectivity index (χ1v) is 7.47. The molecule has 0 aromatic heterocycles. The van der Waals surface area contributed by atoms with Crippen molar-refractivity contribution in [2.75, 3.05) is 13.2 Å². The van der Waals surface area contributed by atoms with E-state index in [1.807, 2.05) is 6.92 Å². The zero-order valence-corrected chi connectivity index (χ0v) is 13.3. The number of rotatable bonds is 9. The van der Waals surface area contributed by atoms with Gasteiger partial charge in [-0.3, -0.25) is 4.79 Å². The number of hydrogen-bond acceptors (Lipinski definition) is 3. The van der Waals surface area contributed by atoms with Gasteiger partial charge in [0.2, 0.25) is 5.91 Å². The number of nitrogens with one attached hydrogen (secondary N) is 2. The van der Waals surface area contributed by atoms with Crippen LogP contribution in [0.4, 0.5) is 0 Å². The fraction of sp³-hybridized carbons (Fsp3) is 0.933. The van der Waals surface area contributed by atoms with Crippen LogP contribution in [0.15, 0.2) is 0 Å². The molecule has 0 aliphatic carbocycles. The Morgan fingerprint density at radius 2 is 1.89 bits per heavy atom. The average Bonchev–Trinajstić information content (AvgIpc) is 2.32. The zero-order valence-electron chi connectivity index (χ0n) is 13.3. The molecule has 0 saturated heterocycles. The van der Waals surface area contributed by atoms with Crippen LogP contribution in [-0.2, 0) is 4.79 Å². The summed E-state index contributed by atoms with van der Waals surface area (Å²) in [4.78, 5) is 11.9. The maximum absolute atomic E-state index is 11.9. The van der Waals surface area contributed by atoms with Gasteiger partial charge in [0.15, 0.2) is 0 Å². The molecule has 0 heterocycles. The summed E-state index contributed by atoms with van der Waals surface area (Å²) < 4.78 is 0. The summed E-state index contributed by atoms with van der Waals surface area (Å²) in [6.45, 7) is 11.3. The van der Waals surface area contributed by atoms with E-state index in [4.69, 9.17) is 5.11 Å². The highest BCUT2D eigenvalue weighted by molar-refractivity contribution is 5.81. The predicted molar refractivity (Wildman–Crippen MR) is 80.1 cm³/mol. The molecule has 0 rings (SSSR count). The molecule has 0 fully saturated rings. The lowest BCUT2D eigenvalue weighted by atomic mass is 9.84. The summed E-state index contributed by atoms with van der Waals surface area (Å²) in [6, 6.07) is -0.0914. The van der Waals surface area contributed by atoms with Crippen LogP contribution in [0.1, 0.15) is 60.3 Å². The molecule has 4 nitrogen and oxygen atoms in total. The van der Waals surface area contributed by atoms with E-state index in [0.717, 1.165) is 25.8 Å². The third kappa shape index (κ3) is 8.22. The van der Waals surface area contributed by atoms with Crippen molar-refractivity contribution in [2.24, 2.45) is 5.41 Å². The lowest BCUT2D eigenvalue weighted by molar-refractivity contribution is -0.123. The summed E-state index contributed by atoms with van der Waals surface area (Å²) in [5.41, 5.74) is 0.0273. The molecule has 0 spiro atoms. The second-order valence-electron chi connectivity index (χ2n) is 6.32. The van der Waals surface area contributed by atoms with Crippen LogP contribution in [0.2, 0.25) is 0 Å². The Hall–Kier alpha value is -0.610. The maximum Gasteiger partial charge on any atom is 0.236 e. The molecule has 1 amide bonds. The van der Waals surface area contributed by atoms with Crippen LogP contribution in [-0.4, -0.2) is 36.2 Å². The molecule has 0 aromatic rings. The highest BCUT2D eigenvalue weighted by Gasteiger charge is 2.27. The van der Waals surface area contributed by atoms with Crippen molar-refractivity contribution in [1.29, 1.82) is 0 Å². The molecule has 0 aliphatic rings. The van der Waals surface area contributed by atoms with Crippen LogP contribution >= 0.6 is 0 Å². The van der Waals surface area contributed by atoms with Crippen molar-refractivity contribution in [2.45, 2.75) is 72.4 Å². The van der Waals surface area contributed by atoms with E-state index in [2.05, 4.69) is 38.3 Å². The molecule has 0 saturated carbocycles. The monoisotopic (exact) mass is 272 g/mol. The van der Waals surface area contributed by atoms with Crippen LogP contribution in [0.5, 0.6) is 0 Å². The Bertz CT molecular complexity index is 249. The Morgan fingerprint density at radius 1 is 1.26 bits per heavy atom. The molecular weight excluding hydrogens is 240 g/mol. The third-order valence-electron chi connectivity index (χ3n) is 3.39. The van der Waals surface area contributed by atoms with E-state index in [1.54, 1.807) is 0 Å². The minimum atomic E-state index is -0.225. The number of hydrogen-bond donors (Lipinski definition) is 3. The van der Waals surface area contributed by atoms with E-state index in [0.29, 0.717) is 6.42 Å². The quantitative estimate of drug-likeness (QED) is 0.563. The lowest BCUT2D eigenvalue weighted by Gasteiger charge is -2.33. The minimum absolute atomic E-state index is 0.0273. The van der Waals surface area contributed by atoms with E-state index < -0.39 is 0 Å². The second-order valence-corrected chi connectivity index (χ2v) is 6.32. The van der Waals surface area contributed by atoms with Crippen molar-refractivity contribution in [1.82, 2.24) is 10.6 Å². The highest BCUT2D eigenvalue weighted by atomic mass is 16.3. The Kier molecular flexibility index (Phi) is 9.02. The summed E-state index contributed by atoms with van der Waals surface area (Å²) in [5.74, 6) is 0.0447. The zero-order chi connectivity index (χ0) is 14.9. The summed E-state index contributed by atoms with van der Waals surface area (Å²) in [5, 5.41) is 15.4. The van der Waals surface area contributed by atoms with Gasteiger partial charge >= 0.3 is 0 Å². The molecule has 2 unspecified atom stereocenters. The molecule has 19 heavy (non-hydrogen) atoms. The summed E-state index contributed by atoms with van der Waals surface area (Å²) in [6.07, 6.45) is 4.01. The van der Waals surface area contributed by atoms with Gasteiger partial charge < -0.3 is 15.7 Å². The van der Waals surface area contributed by atoms with E-state index in [1.165, 1.54) is 0 Å². The van der Waals surface area contributed by atoms with E-state index in [-0.39, 0.29) is 30.0 Å². The average molecular weight is 272 g/mol. The number of aliphatic hydroxyl groups is 1. The molecule has 4 heteroatoms. The SMILES string of the molecule is CCCCCNC(=O)C(C)NC(CCO)C(C)(C)C. The van der Waals surface area contributed by atoms with Crippen molar-refractivity contribution < 1.29 is 9.90 Å². The second kappa shape index (κ2) is 9.32. The Labute approximate surface area is 118 Å². The minimum Gasteiger partial charge on any atom is -0.396 e. The Balaban J connectivity index is 4.16. The number of aliphatic hydroxyl groups excluding tert-OH is 1. The smallest absolute Gasteiger partial charge is 0.236 e. The molecular formula is C15H32N2O2. The van der Waals surface area contributed by atoms with Gasteiger partial charge in [0.25, 0.3) is 0 Å². The van der Waals surface area contributed by atoms with Crippen LogP contribution < -0.4 is 10.6 Å². The number of carbonyl (C=O) groups is 1. The molecule has 2 atom stereocenters. The summed E-state index contributed by atoms with van der Waals surface area (Å²) in [7, 11) is 0. The van der Waals surface area contributed by atoms with Gasteiger partial charge in [0.1, 0.15) is 0 Å². The largest absolute Gasteiger partial charge is 0.396 e. The lowest BCUT2D eigenvalue weighted by Crippen LogP contribution is -2.51. The van der Waals surface area contributed by atoms with Crippen LogP contribution in [0.3, 0.4) is 0 Å². The van der Waals surface area contributed by atoms with E-state index >= 15 is 0 Å². The van der Waals surface area contributed by atoms with Crippen molar-refractivity contribution in [3.63, 3.8) is 0 Å². The van der Waals surface area contributed by atoms with Gasteiger partial charge in [0.05, 0.1) is 6.04 Å². The molecule has 0 aromatic carbocycles. The molecule has 0 aliphatic heterocycles. The number of unbranched alkanes of at least 4 members (excludes halogenated alkanes) is 2. The normalized spacial score (nSPS) is 15.1. The van der Waals surface area contributed by atoms with Gasteiger partial charge in [-0.15, -0.1) is 0 Å². The molecule has 0 radical (unpaired) electrons. The highest BCUT2D eigenvalue weighted by Crippen LogP contribution is 2.22. The first-order valence-electron chi connectivity index (χ1n) is 7.47. The third-order valence-corrected chi connectivity index (χ3v) is 3.39. The molecule has 3 N–H and O–H groups in total. The topological polar surface area (TPSA) is 61.4 Å². The molecule has 0 bridgehead atoms. The number of amides is 1.